The van der Waals surface area contributed by atoms with Gasteiger partial charge in [-0.1, -0.05) is 12.1 Å². The molecule has 18 heavy (non-hydrogen) atoms. The molecule has 0 saturated carbocycles. The van der Waals surface area contributed by atoms with Gasteiger partial charge in [-0.15, -0.1) is 12.4 Å². The van der Waals surface area contributed by atoms with Gasteiger partial charge < -0.3 is 15.2 Å². The lowest BCUT2D eigenvalue weighted by atomic mass is 9.98. The Bertz CT molecular complexity index is 468. The van der Waals surface area contributed by atoms with E-state index in [1.165, 1.54) is 18.2 Å². The van der Waals surface area contributed by atoms with Crippen LogP contribution in [-0.2, 0) is 4.74 Å². The van der Waals surface area contributed by atoms with Gasteiger partial charge in [-0.05, 0) is 24.1 Å². The van der Waals surface area contributed by atoms with Crippen LogP contribution in [0.3, 0.4) is 0 Å². The first-order valence-corrected chi connectivity index (χ1v) is 5.01. The monoisotopic (exact) mass is 279 g/mol. The van der Waals surface area contributed by atoms with Crippen LogP contribution in [0.5, 0.6) is 5.75 Å². The van der Waals surface area contributed by atoms with Gasteiger partial charge in [-0.25, -0.2) is 13.6 Å². The Kier molecular flexibility index (Phi) is 4.01. The maximum atomic E-state index is 13.6. The molecule has 1 saturated heterocycles. The number of amides is 1. The summed E-state index contributed by atoms with van der Waals surface area (Å²) in [4.78, 5) is 11.0. The van der Waals surface area contributed by atoms with Gasteiger partial charge in [0.2, 0.25) is 0 Å². The number of aromatic hydroxyl groups is 1. The van der Waals surface area contributed by atoms with E-state index in [0.29, 0.717) is 5.56 Å². The van der Waals surface area contributed by atoms with Crippen LogP contribution >= 0.6 is 12.4 Å². The first-order valence-electron chi connectivity index (χ1n) is 5.01. The van der Waals surface area contributed by atoms with E-state index in [2.05, 4.69) is 10.1 Å². The molecule has 1 aromatic rings. The van der Waals surface area contributed by atoms with E-state index in [0.717, 1.165) is 0 Å². The number of hydrogen-bond donors (Lipinski definition) is 2. The highest BCUT2D eigenvalue weighted by atomic mass is 35.5. The minimum atomic E-state index is -3.17. The van der Waals surface area contributed by atoms with Crippen LogP contribution in [0, 0.1) is 6.92 Å². The van der Waals surface area contributed by atoms with Gasteiger partial charge in [0.05, 0.1) is 0 Å². The van der Waals surface area contributed by atoms with Crippen LogP contribution in [-0.4, -0.2) is 23.7 Å². The molecule has 4 nitrogen and oxygen atoms in total. The highest BCUT2D eigenvalue weighted by Crippen LogP contribution is 2.35. The van der Waals surface area contributed by atoms with Gasteiger partial charge in [-0.3, -0.25) is 0 Å². The first-order chi connectivity index (χ1) is 7.90. The zero-order valence-electron chi connectivity index (χ0n) is 9.44. The number of phenolic OH excluding ortho intramolecular Hbond substituents is 1. The van der Waals surface area contributed by atoms with Crippen molar-refractivity contribution in [2.45, 2.75) is 18.9 Å². The van der Waals surface area contributed by atoms with Crippen molar-refractivity contribution < 1.29 is 23.4 Å². The normalized spacial score (nSPS) is 21.5. The number of cyclic esters (lactones) is 1. The second-order valence-corrected chi connectivity index (χ2v) is 3.96. The molecule has 2 N–H and O–H groups in total. The first kappa shape index (κ1) is 14.5. The lowest BCUT2D eigenvalue weighted by Crippen LogP contribution is -2.49. The SMILES string of the molecule is Cc1cc([C@@H]2NC(=O)OCC2(F)F)ccc1O.Cl. The number of hydrogen-bond acceptors (Lipinski definition) is 3. The largest absolute Gasteiger partial charge is 0.508 e. The van der Waals surface area contributed by atoms with Crippen molar-refractivity contribution in [3.63, 3.8) is 0 Å². The summed E-state index contributed by atoms with van der Waals surface area (Å²) < 4.78 is 31.4. The minimum Gasteiger partial charge on any atom is -0.508 e. The number of nitrogens with one attached hydrogen (secondary N) is 1. The second-order valence-electron chi connectivity index (χ2n) is 3.96. The van der Waals surface area contributed by atoms with Gasteiger partial charge in [0.1, 0.15) is 11.8 Å². The van der Waals surface area contributed by atoms with Crippen molar-refractivity contribution in [2.75, 3.05) is 6.61 Å². The molecule has 100 valence electrons. The molecule has 0 unspecified atom stereocenters. The van der Waals surface area contributed by atoms with E-state index in [-0.39, 0.29) is 23.7 Å². The molecule has 1 heterocycles. The molecule has 0 bridgehead atoms. The molecule has 1 atom stereocenters. The predicted molar refractivity (Wildman–Crippen MR) is 62.3 cm³/mol. The zero-order valence-corrected chi connectivity index (χ0v) is 10.3. The molecule has 1 amide bonds. The van der Waals surface area contributed by atoms with Crippen molar-refractivity contribution in [1.82, 2.24) is 5.32 Å². The fraction of sp³-hybridized carbons (Fsp3) is 0.364. The summed E-state index contributed by atoms with van der Waals surface area (Å²) in [5.41, 5.74) is 0.709. The Morgan fingerprint density at radius 1 is 1.50 bits per heavy atom. The number of alkyl halides is 2. The van der Waals surface area contributed by atoms with Crippen molar-refractivity contribution in [3.05, 3.63) is 29.3 Å². The lowest BCUT2D eigenvalue weighted by Gasteiger charge is -2.32. The molecule has 0 radical (unpaired) electrons. The highest BCUT2D eigenvalue weighted by Gasteiger charge is 2.46. The average Bonchev–Trinajstić information content (AvgIpc) is 2.26. The van der Waals surface area contributed by atoms with Crippen LogP contribution in [0.4, 0.5) is 13.6 Å². The smallest absolute Gasteiger partial charge is 0.408 e. The summed E-state index contributed by atoms with van der Waals surface area (Å²) in [6.07, 6.45) is -0.869. The predicted octanol–water partition coefficient (Wildman–Crippen LogP) is 2.54. The van der Waals surface area contributed by atoms with E-state index in [9.17, 15) is 18.7 Å². The third-order valence-corrected chi connectivity index (χ3v) is 2.63. The van der Waals surface area contributed by atoms with Gasteiger partial charge in [-0.2, -0.15) is 0 Å². The lowest BCUT2D eigenvalue weighted by molar-refractivity contribution is -0.104. The third-order valence-electron chi connectivity index (χ3n) is 2.63. The summed E-state index contributed by atoms with van der Waals surface area (Å²) in [5, 5.41) is 11.4. The van der Waals surface area contributed by atoms with Crippen molar-refractivity contribution in [2.24, 2.45) is 0 Å². The standard InChI is InChI=1S/C11H11F2NO3.ClH/c1-6-4-7(2-3-8(6)15)9-11(12,13)5-17-10(16)14-9;/h2-4,9,15H,5H2,1H3,(H,14,16);1H/t9-;/m0./s1. The molecule has 1 aliphatic heterocycles. The zero-order chi connectivity index (χ0) is 12.6. The molecule has 2 rings (SSSR count). The van der Waals surface area contributed by atoms with Gasteiger partial charge in [0.25, 0.3) is 0 Å². The molecular weight excluding hydrogens is 268 g/mol. The number of phenols is 1. The van der Waals surface area contributed by atoms with E-state index >= 15 is 0 Å². The average molecular weight is 280 g/mol. The molecule has 1 aromatic carbocycles. The Balaban J connectivity index is 0.00000162. The molecule has 0 spiro atoms. The van der Waals surface area contributed by atoms with Crippen LogP contribution in [0.1, 0.15) is 17.2 Å². The molecule has 0 aromatic heterocycles. The molecular formula is C11H12ClF2NO3. The maximum absolute atomic E-state index is 13.6. The summed E-state index contributed by atoms with van der Waals surface area (Å²) >= 11 is 0. The van der Waals surface area contributed by atoms with E-state index in [1.807, 2.05) is 0 Å². The van der Waals surface area contributed by atoms with Crippen molar-refractivity contribution in [1.29, 1.82) is 0 Å². The Morgan fingerprint density at radius 2 is 2.17 bits per heavy atom. The maximum Gasteiger partial charge on any atom is 0.408 e. The number of benzene rings is 1. The number of aryl methyl sites for hydroxylation is 1. The number of rotatable bonds is 1. The summed E-state index contributed by atoms with van der Waals surface area (Å²) in [6, 6.07) is 2.66. The summed E-state index contributed by atoms with van der Waals surface area (Å²) in [5.74, 6) is -3.15. The Morgan fingerprint density at radius 3 is 2.78 bits per heavy atom. The highest BCUT2D eigenvalue weighted by molar-refractivity contribution is 5.85. The molecule has 1 aliphatic rings. The van der Waals surface area contributed by atoms with Crippen LogP contribution in [0.2, 0.25) is 0 Å². The van der Waals surface area contributed by atoms with Gasteiger partial charge in [0, 0.05) is 0 Å². The number of ether oxygens (including phenoxy) is 1. The number of carbonyl (C=O) groups excluding carboxylic acids is 1. The Hall–Kier alpha value is -1.56. The van der Waals surface area contributed by atoms with Crippen molar-refractivity contribution >= 4 is 18.5 Å². The fourth-order valence-electron chi connectivity index (χ4n) is 1.70. The number of alkyl carbamates (subject to hydrolysis) is 1. The third kappa shape index (κ3) is 2.64. The minimum absolute atomic E-state index is 0. The topological polar surface area (TPSA) is 58.6 Å². The summed E-state index contributed by atoms with van der Waals surface area (Å²) in [7, 11) is 0. The molecule has 0 aliphatic carbocycles. The second kappa shape index (κ2) is 4.97. The molecule has 7 heteroatoms. The van der Waals surface area contributed by atoms with Crippen LogP contribution in [0.25, 0.3) is 0 Å². The summed E-state index contributed by atoms with van der Waals surface area (Å²) in [6.45, 7) is 0.654. The Labute approximate surface area is 108 Å². The van der Waals surface area contributed by atoms with E-state index < -0.39 is 24.7 Å². The number of carbonyl (C=O) groups is 1. The van der Waals surface area contributed by atoms with Gasteiger partial charge >= 0.3 is 12.0 Å². The van der Waals surface area contributed by atoms with Gasteiger partial charge in [0.15, 0.2) is 6.61 Å². The van der Waals surface area contributed by atoms with E-state index in [4.69, 9.17) is 0 Å². The fourth-order valence-corrected chi connectivity index (χ4v) is 1.70. The van der Waals surface area contributed by atoms with E-state index in [1.54, 1.807) is 6.92 Å². The molecule has 1 fully saturated rings. The van der Waals surface area contributed by atoms with Crippen molar-refractivity contribution in [3.8, 4) is 5.75 Å². The van der Waals surface area contributed by atoms with Crippen LogP contribution < -0.4 is 5.32 Å². The quantitative estimate of drug-likeness (QED) is 0.830. The number of halogens is 3. The van der Waals surface area contributed by atoms with Crippen LogP contribution in [0.15, 0.2) is 18.2 Å².